The van der Waals surface area contributed by atoms with Crippen LogP contribution in [0.4, 0.5) is 0 Å². The van der Waals surface area contributed by atoms with E-state index in [2.05, 4.69) is 16.8 Å². The Balaban J connectivity index is 2.26. The van der Waals surface area contributed by atoms with Gasteiger partial charge in [-0.3, -0.25) is 0 Å². The van der Waals surface area contributed by atoms with E-state index in [4.69, 9.17) is 4.74 Å². The average molecular weight is 164 g/mol. The highest BCUT2D eigenvalue weighted by Gasteiger charge is 2.30. The molecule has 0 aromatic rings. The molecule has 2 atom stereocenters. The lowest BCUT2D eigenvalue weighted by atomic mass is 10.2. The quantitative estimate of drug-likeness (QED) is 0.580. The Morgan fingerprint density at radius 2 is 2.33 bits per heavy atom. The monoisotopic (exact) mass is 164 g/mol. The van der Waals surface area contributed by atoms with Gasteiger partial charge in [-0.2, -0.15) is 0 Å². The molecule has 3 nitrogen and oxygen atoms in total. The van der Waals surface area contributed by atoms with Crippen molar-refractivity contribution < 1.29 is 4.74 Å². The van der Waals surface area contributed by atoms with Crippen molar-refractivity contribution in [1.29, 1.82) is 0 Å². The van der Waals surface area contributed by atoms with Crippen LogP contribution in [-0.4, -0.2) is 30.1 Å². The molecule has 64 valence electrons. The molecule has 0 aromatic carbocycles. The second-order valence-corrected chi connectivity index (χ2v) is 2.96. The lowest BCUT2D eigenvalue weighted by molar-refractivity contribution is 0.0785. The first-order valence-corrected chi connectivity index (χ1v) is 4.07. The SMILES string of the molecule is COC1N=C2C=CC=CN2C1C. The summed E-state index contributed by atoms with van der Waals surface area (Å²) >= 11 is 0. The van der Waals surface area contributed by atoms with Gasteiger partial charge >= 0.3 is 0 Å². The summed E-state index contributed by atoms with van der Waals surface area (Å²) in [5.41, 5.74) is 0. The fourth-order valence-electron chi connectivity index (χ4n) is 1.53. The molecular formula is C9H12N2O. The van der Waals surface area contributed by atoms with Crippen molar-refractivity contribution in [2.24, 2.45) is 4.99 Å². The van der Waals surface area contributed by atoms with E-state index in [1.54, 1.807) is 7.11 Å². The molecule has 0 saturated carbocycles. The minimum absolute atomic E-state index is 0.0209. The van der Waals surface area contributed by atoms with Gasteiger partial charge in [-0.25, -0.2) is 4.99 Å². The predicted molar refractivity (Wildman–Crippen MR) is 47.8 cm³/mol. The molecule has 0 N–H and O–H groups in total. The minimum atomic E-state index is -0.0209. The Kier molecular flexibility index (Phi) is 1.73. The zero-order valence-corrected chi connectivity index (χ0v) is 7.27. The molecule has 0 bridgehead atoms. The number of fused-ring (bicyclic) bond motifs is 1. The first-order chi connectivity index (χ1) is 5.83. The first kappa shape index (κ1) is 7.55. The number of amidine groups is 1. The van der Waals surface area contributed by atoms with Gasteiger partial charge in [-0.1, -0.05) is 6.08 Å². The fraction of sp³-hybridized carbons (Fsp3) is 0.444. The number of rotatable bonds is 1. The van der Waals surface area contributed by atoms with Gasteiger partial charge in [0.25, 0.3) is 0 Å². The molecule has 12 heavy (non-hydrogen) atoms. The van der Waals surface area contributed by atoms with Crippen LogP contribution in [0.2, 0.25) is 0 Å². The highest BCUT2D eigenvalue weighted by atomic mass is 16.5. The molecular weight excluding hydrogens is 152 g/mol. The highest BCUT2D eigenvalue weighted by Crippen LogP contribution is 2.20. The summed E-state index contributed by atoms with van der Waals surface area (Å²) in [4.78, 5) is 6.51. The molecule has 0 aliphatic carbocycles. The fourth-order valence-corrected chi connectivity index (χ4v) is 1.53. The lowest BCUT2D eigenvalue weighted by Gasteiger charge is -2.23. The van der Waals surface area contributed by atoms with Crippen LogP contribution in [0.5, 0.6) is 0 Å². The summed E-state index contributed by atoms with van der Waals surface area (Å²) in [5, 5.41) is 0. The van der Waals surface area contributed by atoms with Crippen LogP contribution in [0.1, 0.15) is 6.92 Å². The summed E-state index contributed by atoms with van der Waals surface area (Å²) in [6.45, 7) is 2.11. The molecule has 0 spiro atoms. The van der Waals surface area contributed by atoms with E-state index in [1.807, 2.05) is 24.4 Å². The second kappa shape index (κ2) is 2.75. The van der Waals surface area contributed by atoms with E-state index in [0.717, 1.165) is 5.84 Å². The van der Waals surface area contributed by atoms with Crippen molar-refractivity contribution >= 4 is 5.84 Å². The van der Waals surface area contributed by atoms with E-state index in [1.165, 1.54) is 0 Å². The Bertz CT molecular complexity index is 268. The Morgan fingerprint density at radius 1 is 1.50 bits per heavy atom. The third kappa shape index (κ3) is 0.975. The zero-order chi connectivity index (χ0) is 8.55. The van der Waals surface area contributed by atoms with Crippen LogP contribution in [0.25, 0.3) is 0 Å². The molecule has 2 rings (SSSR count). The molecule has 2 aliphatic rings. The number of hydrogen-bond donors (Lipinski definition) is 0. The predicted octanol–water partition coefficient (Wildman–Crippen LogP) is 1.15. The van der Waals surface area contributed by atoms with E-state index < -0.39 is 0 Å². The Labute approximate surface area is 72.0 Å². The third-order valence-corrected chi connectivity index (χ3v) is 2.22. The molecule has 3 heteroatoms. The summed E-state index contributed by atoms with van der Waals surface area (Å²) in [5.74, 6) is 0.997. The van der Waals surface area contributed by atoms with Gasteiger partial charge in [-0.15, -0.1) is 0 Å². The maximum atomic E-state index is 5.22. The molecule has 0 aromatic heterocycles. The standard InChI is InChI=1S/C9H12N2O/c1-7-9(12-2)10-8-5-3-4-6-11(7)8/h3-7,9H,1-2H3. The van der Waals surface area contributed by atoms with Crippen molar-refractivity contribution in [2.75, 3.05) is 7.11 Å². The van der Waals surface area contributed by atoms with Crippen molar-refractivity contribution in [3.8, 4) is 0 Å². The summed E-state index contributed by atoms with van der Waals surface area (Å²) < 4.78 is 5.22. The number of hydrogen-bond acceptors (Lipinski definition) is 3. The maximum Gasteiger partial charge on any atom is 0.170 e. The van der Waals surface area contributed by atoms with Crippen molar-refractivity contribution in [1.82, 2.24) is 4.90 Å². The molecule has 2 aliphatic heterocycles. The molecule has 0 fully saturated rings. The van der Waals surface area contributed by atoms with Gasteiger partial charge in [-0.05, 0) is 19.1 Å². The third-order valence-electron chi connectivity index (χ3n) is 2.22. The number of ether oxygens (including phenoxy) is 1. The van der Waals surface area contributed by atoms with Gasteiger partial charge < -0.3 is 9.64 Å². The van der Waals surface area contributed by atoms with Gasteiger partial charge in [0.15, 0.2) is 6.23 Å². The molecule has 0 radical (unpaired) electrons. The van der Waals surface area contributed by atoms with Crippen LogP contribution < -0.4 is 0 Å². The molecule has 2 unspecified atom stereocenters. The van der Waals surface area contributed by atoms with Crippen LogP contribution in [0.3, 0.4) is 0 Å². The lowest BCUT2D eigenvalue weighted by Crippen LogP contribution is -2.34. The molecule has 2 heterocycles. The van der Waals surface area contributed by atoms with Crippen molar-refractivity contribution in [3.63, 3.8) is 0 Å². The topological polar surface area (TPSA) is 24.8 Å². The summed E-state index contributed by atoms with van der Waals surface area (Å²) in [6, 6.07) is 0.311. The second-order valence-electron chi connectivity index (χ2n) is 2.96. The van der Waals surface area contributed by atoms with Crippen molar-refractivity contribution in [2.45, 2.75) is 19.2 Å². The van der Waals surface area contributed by atoms with Crippen LogP contribution in [0, 0.1) is 0 Å². The number of nitrogens with zero attached hydrogens (tertiary/aromatic N) is 2. The van der Waals surface area contributed by atoms with Gasteiger partial charge in [0, 0.05) is 13.3 Å². The highest BCUT2D eigenvalue weighted by molar-refractivity contribution is 5.96. The van der Waals surface area contributed by atoms with Gasteiger partial charge in [0.05, 0.1) is 6.04 Å². The zero-order valence-electron chi connectivity index (χ0n) is 7.27. The minimum Gasteiger partial charge on any atom is -0.358 e. The molecule has 0 amide bonds. The smallest absolute Gasteiger partial charge is 0.170 e. The van der Waals surface area contributed by atoms with E-state index >= 15 is 0 Å². The van der Waals surface area contributed by atoms with E-state index in [-0.39, 0.29) is 6.23 Å². The number of methoxy groups -OCH3 is 1. The van der Waals surface area contributed by atoms with Gasteiger partial charge in [0.2, 0.25) is 0 Å². The van der Waals surface area contributed by atoms with Gasteiger partial charge in [0.1, 0.15) is 5.84 Å². The maximum absolute atomic E-state index is 5.22. The number of allylic oxidation sites excluding steroid dienone is 2. The summed E-state index contributed by atoms with van der Waals surface area (Å²) in [7, 11) is 1.69. The Morgan fingerprint density at radius 3 is 3.00 bits per heavy atom. The largest absolute Gasteiger partial charge is 0.358 e. The first-order valence-electron chi connectivity index (χ1n) is 4.07. The summed E-state index contributed by atoms with van der Waals surface area (Å²) in [6.07, 6.45) is 8.00. The van der Waals surface area contributed by atoms with Crippen molar-refractivity contribution in [3.05, 3.63) is 24.4 Å². The van der Waals surface area contributed by atoms with Crippen LogP contribution in [-0.2, 0) is 4.74 Å². The van der Waals surface area contributed by atoms with E-state index in [9.17, 15) is 0 Å². The number of aliphatic imine (C=N–C) groups is 1. The molecule has 0 saturated heterocycles. The van der Waals surface area contributed by atoms with E-state index in [0.29, 0.717) is 6.04 Å². The van der Waals surface area contributed by atoms with Crippen LogP contribution in [0.15, 0.2) is 29.4 Å². The normalized spacial score (nSPS) is 32.2. The average Bonchev–Trinajstić information content (AvgIpc) is 2.44. The Hall–Kier alpha value is -1.09. The van der Waals surface area contributed by atoms with Crippen LogP contribution >= 0.6 is 0 Å².